The van der Waals surface area contributed by atoms with Gasteiger partial charge in [0.1, 0.15) is 0 Å². The van der Waals surface area contributed by atoms with Crippen molar-refractivity contribution >= 4 is 11.1 Å². The van der Waals surface area contributed by atoms with Crippen molar-refractivity contribution in [2.45, 2.75) is 6.42 Å². The molecule has 2 N–H and O–H groups in total. The van der Waals surface area contributed by atoms with E-state index >= 15 is 0 Å². The molecule has 1 heterocycles. The number of hydrogen-bond acceptors (Lipinski definition) is 4. The van der Waals surface area contributed by atoms with E-state index in [1.54, 1.807) is 0 Å². The highest BCUT2D eigenvalue weighted by molar-refractivity contribution is 7.79. The summed E-state index contributed by atoms with van der Waals surface area (Å²) in [5.74, 6) is 0.923. The summed E-state index contributed by atoms with van der Waals surface area (Å²) in [5, 5.41) is 0. The fourth-order valence-corrected chi connectivity index (χ4v) is 1.78. The Bertz CT molecular complexity index is 159. The van der Waals surface area contributed by atoms with Gasteiger partial charge in [0, 0.05) is 18.8 Å². The first-order chi connectivity index (χ1) is 5.72. The molecule has 0 aromatic rings. The van der Waals surface area contributed by atoms with Crippen molar-refractivity contribution in [1.29, 1.82) is 0 Å². The standard InChI is InChI=1S/C7H16N2O2S/c8-4-7-5-9(6-7)2-1-3-12(10)11/h7H,1-6,8H2,(H,10,11)/p-1. The highest BCUT2D eigenvalue weighted by Crippen LogP contribution is 2.13. The second-order valence-corrected chi connectivity index (χ2v) is 4.24. The van der Waals surface area contributed by atoms with Gasteiger partial charge in [-0.1, -0.05) is 11.1 Å². The molecule has 1 rings (SSSR count). The van der Waals surface area contributed by atoms with Crippen LogP contribution in [0.2, 0.25) is 0 Å². The van der Waals surface area contributed by atoms with Gasteiger partial charge in [0.05, 0.1) is 0 Å². The lowest BCUT2D eigenvalue weighted by atomic mass is 10.0. The molecule has 1 atom stereocenters. The highest BCUT2D eigenvalue weighted by atomic mass is 32.2. The second kappa shape index (κ2) is 4.91. The van der Waals surface area contributed by atoms with Crippen LogP contribution in [0.3, 0.4) is 0 Å². The molecule has 1 aliphatic heterocycles. The van der Waals surface area contributed by atoms with Gasteiger partial charge in [-0.3, -0.25) is 4.21 Å². The Labute approximate surface area is 75.4 Å². The zero-order chi connectivity index (χ0) is 8.97. The molecule has 0 amide bonds. The molecule has 1 unspecified atom stereocenters. The van der Waals surface area contributed by atoms with Gasteiger partial charge in [0.2, 0.25) is 0 Å². The molecule has 0 aromatic heterocycles. The van der Waals surface area contributed by atoms with Gasteiger partial charge in [0.25, 0.3) is 0 Å². The van der Waals surface area contributed by atoms with E-state index in [0.717, 1.165) is 32.6 Å². The maximum atomic E-state index is 10.2. The molecule has 0 aliphatic carbocycles. The van der Waals surface area contributed by atoms with Crippen LogP contribution in [-0.2, 0) is 11.1 Å². The average molecular weight is 191 g/mol. The van der Waals surface area contributed by atoms with E-state index < -0.39 is 11.1 Å². The average Bonchev–Trinajstić information content (AvgIpc) is 1.93. The van der Waals surface area contributed by atoms with Crippen molar-refractivity contribution in [3.63, 3.8) is 0 Å². The summed E-state index contributed by atoms with van der Waals surface area (Å²) in [6, 6.07) is 0. The van der Waals surface area contributed by atoms with E-state index in [0.29, 0.717) is 5.92 Å². The SMILES string of the molecule is NCC1CN(CCCS(=O)[O-])C1. The Morgan fingerprint density at radius 2 is 2.25 bits per heavy atom. The van der Waals surface area contributed by atoms with E-state index in [2.05, 4.69) is 4.90 Å². The van der Waals surface area contributed by atoms with Crippen LogP contribution in [0.5, 0.6) is 0 Å². The smallest absolute Gasteiger partial charge is 0.0114 e. The third kappa shape index (κ3) is 3.18. The number of hydrogen-bond donors (Lipinski definition) is 1. The third-order valence-corrected chi connectivity index (χ3v) is 2.77. The predicted octanol–water partition coefficient (Wildman–Crippen LogP) is -0.854. The minimum Gasteiger partial charge on any atom is -0.772 e. The van der Waals surface area contributed by atoms with Crippen molar-refractivity contribution in [3.8, 4) is 0 Å². The lowest BCUT2D eigenvalue weighted by Crippen LogP contribution is -2.50. The Morgan fingerprint density at radius 1 is 1.58 bits per heavy atom. The van der Waals surface area contributed by atoms with E-state index in [1.165, 1.54) is 0 Å². The normalized spacial score (nSPS) is 22.2. The molecule has 72 valence electrons. The van der Waals surface area contributed by atoms with Crippen LogP contribution >= 0.6 is 0 Å². The molecule has 1 fully saturated rings. The summed E-state index contributed by atoms with van der Waals surface area (Å²) in [6.07, 6.45) is 0.743. The molecule has 1 saturated heterocycles. The van der Waals surface area contributed by atoms with Crippen molar-refractivity contribution < 1.29 is 8.76 Å². The lowest BCUT2D eigenvalue weighted by Gasteiger charge is -2.38. The van der Waals surface area contributed by atoms with Crippen LogP contribution in [0.4, 0.5) is 0 Å². The van der Waals surface area contributed by atoms with Gasteiger partial charge in [0.15, 0.2) is 0 Å². The summed E-state index contributed by atoms with van der Waals surface area (Å²) in [5.41, 5.74) is 5.45. The van der Waals surface area contributed by atoms with Crippen LogP contribution in [0.1, 0.15) is 6.42 Å². The van der Waals surface area contributed by atoms with E-state index in [1.807, 2.05) is 0 Å². The Morgan fingerprint density at radius 3 is 2.75 bits per heavy atom. The zero-order valence-corrected chi connectivity index (χ0v) is 7.89. The minimum atomic E-state index is -1.87. The maximum absolute atomic E-state index is 10.2. The molecule has 0 radical (unpaired) electrons. The van der Waals surface area contributed by atoms with Crippen molar-refractivity contribution in [1.82, 2.24) is 4.90 Å². The van der Waals surface area contributed by atoms with Crippen LogP contribution < -0.4 is 5.73 Å². The van der Waals surface area contributed by atoms with Gasteiger partial charge >= 0.3 is 0 Å². The predicted molar refractivity (Wildman–Crippen MR) is 47.4 cm³/mol. The van der Waals surface area contributed by atoms with Gasteiger partial charge in [-0.2, -0.15) is 0 Å². The van der Waals surface area contributed by atoms with E-state index in [9.17, 15) is 8.76 Å². The van der Waals surface area contributed by atoms with Crippen LogP contribution in [0.25, 0.3) is 0 Å². The summed E-state index contributed by atoms with van der Waals surface area (Å²) in [7, 11) is 0. The van der Waals surface area contributed by atoms with Crippen LogP contribution in [-0.4, -0.2) is 45.6 Å². The molecule has 0 aromatic carbocycles. The van der Waals surface area contributed by atoms with Gasteiger partial charge in [-0.25, -0.2) is 0 Å². The first kappa shape index (κ1) is 10.1. The third-order valence-electron chi connectivity index (χ3n) is 2.15. The van der Waals surface area contributed by atoms with Crippen molar-refractivity contribution in [3.05, 3.63) is 0 Å². The highest BCUT2D eigenvalue weighted by Gasteiger charge is 2.23. The fourth-order valence-electron chi connectivity index (χ4n) is 1.41. The Hall–Kier alpha value is 0.0300. The molecular formula is C7H15N2O2S-. The minimum absolute atomic E-state index is 0.282. The number of nitrogens with two attached hydrogens (primary N) is 1. The van der Waals surface area contributed by atoms with E-state index in [4.69, 9.17) is 5.73 Å². The molecule has 5 heteroatoms. The summed E-state index contributed by atoms with van der Waals surface area (Å²) >= 11 is -1.87. The largest absolute Gasteiger partial charge is 0.772 e. The molecule has 4 nitrogen and oxygen atoms in total. The fraction of sp³-hybridized carbons (Fsp3) is 1.00. The van der Waals surface area contributed by atoms with Gasteiger partial charge in [-0.15, -0.1) is 0 Å². The number of likely N-dealkylation sites (tertiary alicyclic amines) is 1. The summed E-state index contributed by atoms with van der Waals surface area (Å²) < 4.78 is 20.3. The quantitative estimate of drug-likeness (QED) is 0.574. The topological polar surface area (TPSA) is 69.4 Å². The first-order valence-electron chi connectivity index (χ1n) is 4.20. The lowest BCUT2D eigenvalue weighted by molar-refractivity contribution is 0.107. The van der Waals surface area contributed by atoms with Crippen molar-refractivity contribution in [2.75, 3.05) is 31.9 Å². The monoisotopic (exact) mass is 191 g/mol. The molecule has 0 bridgehead atoms. The van der Waals surface area contributed by atoms with Gasteiger partial charge in [-0.05, 0) is 25.4 Å². The number of rotatable bonds is 5. The van der Waals surface area contributed by atoms with Crippen LogP contribution in [0, 0.1) is 5.92 Å². The van der Waals surface area contributed by atoms with Crippen LogP contribution in [0.15, 0.2) is 0 Å². The number of nitrogens with zero attached hydrogens (tertiary/aromatic N) is 1. The first-order valence-corrected chi connectivity index (χ1v) is 5.45. The Kier molecular flexibility index (Phi) is 4.14. The molecule has 12 heavy (non-hydrogen) atoms. The molecule has 1 aliphatic rings. The van der Waals surface area contributed by atoms with E-state index in [-0.39, 0.29) is 5.75 Å². The van der Waals surface area contributed by atoms with Crippen molar-refractivity contribution in [2.24, 2.45) is 11.7 Å². The summed E-state index contributed by atoms with van der Waals surface area (Å²) in [4.78, 5) is 2.24. The molecular weight excluding hydrogens is 176 g/mol. The molecule has 0 spiro atoms. The molecule has 0 saturated carbocycles. The zero-order valence-electron chi connectivity index (χ0n) is 7.07. The summed E-state index contributed by atoms with van der Waals surface area (Å²) in [6.45, 7) is 3.73. The maximum Gasteiger partial charge on any atom is 0.0114 e. The van der Waals surface area contributed by atoms with Gasteiger partial charge < -0.3 is 15.2 Å². The Balaban J connectivity index is 1.93. The second-order valence-electron chi connectivity index (χ2n) is 3.22.